The van der Waals surface area contributed by atoms with Crippen molar-refractivity contribution < 1.29 is 24.9 Å². The second-order valence-corrected chi connectivity index (χ2v) is 9.56. The van der Waals surface area contributed by atoms with Crippen molar-refractivity contribution in [2.45, 2.75) is 70.5 Å². The second-order valence-electron chi connectivity index (χ2n) is 9.56. The summed E-state index contributed by atoms with van der Waals surface area (Å²) < 4.78 is 0. The van der Waals surface area contributed by atoms with Crippen molar-refractivity contribution in [3.05, 3.63) is 11.6 Å². The lowest BCUT2D eigenvalue weighted by Crippen LogP contribution is -2.62. The fourth-order valence-corrected chi connectivity index (χ4v) is 7.28. The number of fused-ring (bicyclic) bond motifs is 5. The second kappa shape index (κ2) is 5.73. The highest BCUT2D eigenvalue weighted by Crippen LogP contribution is 2.67. The first kappa shape index (κ1) is 18.3. The van der Waals surface area contributed by atoms with Crippen molar-refractivity contribution >= 4 is 11.6 Å². The fourth-order valence-electron chi connectivity index (χ4n) is 7.28. The van der Waals surface area contributed by atoms with Crippen LogP contribution in [0.1, 0.15) is 58.8 Å². The van der Waals surface area contributed by atoms with Crippen LogP contribution in [0.25, 0.3) is 0 Å². The Balaban J connectivity index is 1.74. The van der Waals surface area contributed by atoms with Crippen LogP contribution < -0.4 is 0 Å². The summed E-state index contributed by atoms with van der Waals surface area (Å²) in [6, 6.07) is 0. The Hall–Kier alpha value is -1.04. The van der Waals surface area contributed by atoms with Gasteiger partial charge in [0.1, 0.15) is 12.2 Å². The molecule has 1 unspecified atom stereocenters. The molecule has 0 heterocycles. The SMILES string of the molecule is C[C@]12CCC(=O)C=C1CC[C@@H]1C3CC[C@](O)(C(=O)CO)[C@]3(C)C[C@H](O)[C@@H]12. The van der Waals surface area contributed by atoms with Gasteiger partial charge in [0.05, 0.1) is 6.10 Å². The van der Waals surface area contributed by atoms with Gasteiger partial charge in [0.15, 0.2) is 11.6 Å². The quantitative estimate of drug-likeness (QED) is 0.696. The molecule has 0 radical (unpaired) electrons. The first-order valence-electron chi connectivity index (χ1n) is 9.96. The predicted octanol–water partition coefficient (Wildman–Crippen LogP) is 1.78. The van der Waals surface area contributed by atoms with Crippen LogP contribution in [0, 0.1) is 28.6 Å². The Labute approximate surface area is 154 Å². The molecule has 4 aliphatic carbocycles. The van der Waals surface area contributed by atoms with Crippen molar-refractivity contribution in [1.82, 2.24) is 0 Å². The molecule has 5 nitrogen and oxygen atoms in total. The third kappa shape index (κ3) is 2.14. The van der Waals surface area contributed by atoms with Crippen LogP contribution in [0.3, 0.4) is 0 Å². The molecule has 0 aromatic heterocycles. The minimum absolute atomic E-state index is 0.0697. The van der Waals surface area contributed by atoms with E-state index in [1.807, 2.05) is 6.92 Å². The first-order valence-corrected chi connectivity index (χ1v) is 9.96. The third-order valence-electron chi connectivity index (χ3n) is 8.65. The summed E-state index contributed by atoms with van der Waals surface area (Å²) in [5.74, 6) is 0.140. The minimum Gasteiger partial charge on any atom is -0.393 e. The number of ketones is 2. The monoisotopic (exact) mass is 362 g/mol. The zero-order valence-corrected chi connectivity index (χ0v) is 15.7. The highest BCUT2D eigenvalue weighted by Gasteiger charge is 2.68. The maximum absolute atomic E-state index is 12.4. The van der Waals surface area contributed by atoms with Crippen molar-refractivity contribution in [3.8, 4) is 0 Å². The van der Waals surface area contributed by atoms with Gasteiger partial charge in [0.25, 0.3) is 0 Å². The Morgan fingerprint density at radius 2 is 1.96 bits per heavy atom. The molecule has 4 aliphatic rings. The highest BCUT2D eigenvalue weighted by molar-refractivity contribution is 5.91. The number of rotatable bonds is 2. The van der Waals surface area contributed by atoms with E-state index in [1.165, 1.54) is 5.57 Å². The summed E-state index contributed by atoms with van der Waals surface area (Å²) in [5, 5.41) is 31.7. The molecule has 0 aliphatic heterocycles. The molecule has 7 atom stereocenters. The molecule has 26 heavy (non-hydrogen) atoms. The van der Waals surface area contributed by atoms with Crippen molar-refractivity contribution in [2.75, 3.05) is 6.61 Å². The van der Waals surface area contributed by atoms with Gasteiger partial charge in [-0.2, -0.15) is 0 Å². The van der Waals surface area contributed by atoms with E-state index in [0.717, 1.165) is 25.7 Å². The first-order chi connectivity index (χ1) is 12.2. The van der Waals surface area contributed by atoms with Gasteiger partial charge >= 0.3 is 0 Å². The Bertz CT molecular complexity index is 684. The molecule has 0 aromatic rings. The molecule has 0 saturated heterocycles. The normalized spacial score (nSPS) is 50.5. The van der Waals surface area contributed by atoms with Crippen LogP contribution in [0.4, 0.5) is 0 Å². The molecule has 0 aromatic carbocycles. The lowest BCUT2D eigenvalue weighted by atomic mass is 9.45. The van der Waals surface area contributed by atoms with Crippen LogP contribution in [0.5, 0.6) is 0 Å². The van der Waals surface area contributed by atoms with Gasteiger partial charge in [-0.05, 0) is 67.8 Å². The summed E-state index contributed by atoms with van der Waals surface area (Å²) in [6.07, 6.45) is 5.74. The Morgan fingerprint density at radius 1 is 1.23 bits per heavy atom. The van der Waals surface area contributed by atoms with Crippen LogP contribution in [-0.2, 0) is 9.59 Å². The number of aliphatic hydroxyl groups is 3. The van der Waals surface area contributed by atoms with E-state index in [0.29, 0.717) is 19.3 Å². The molecule has 0 spiro atoms. The average molecular weight is 362 g/mol. The molecule has 5 heteroatoms. The number of hydrogen-bond donors (Lipinski definition) is 3. The lowest BCUT2D eigenvalue weighted by molar-refractivity contribution is -0.182. The Morgan fingerprint density at radius 3 is 2.65 bits per heavy atom. The third-order valence-corrected chi connectivity index (χ3v) is 8.65. The maximum Gasteiger partial charge on any atom is 0.190 e. The van der Waals surface area contributed by atoms with Gasteiger partial charge in [-0.15, -0.1) is 0 Å². The van der Waals surface area contributed by atoms with Crippen molar-refractivity contribution in [3.63, 3.8) is 0 Å². The van der Waals surface area contributed by atoms with Crippen LogP contribution in [0.15, 0.2) is 11.6 Å². The average Bonchev–Trinajstić information content (AvgIpc) is 2.86. The summed E-state index contributed by atoms with van der Waals surface area (Å²) >= 11 is 0. The number of carbonyl (C=O) groups excluding carboxylic acids is 2. The van der Waals surface area contributed by atoms with Crippen LogP contribution in [0.2, 0.25) is 0 Å². The van der Waals surface area contributed by atoms with E-state index < -0.39 is 29.5 Å². The smallest absolute Gasteiger partial charge is 0.190 e. The molecule has 3 N–H and O–H groups in total. The van der Waals surface area contributed by atoms with E-state index in [-0.39, 0.29) is 29.0 Å². The van der Waals surface area contributed by atoms with Crippen molar-refractivity contribution in [2.24, 2.45) is 28.6 Å². The number of carbonyl (C=O) groups is 2. The van der Waals surface area contributed by atoms with Gasteiger partial charge in [-0.25, -0.2) is 0 Å². The molecule has 0 bridgehead atoms. The number of allylic oxidation sites excluding steroid dienone is 1. The lowest BCUT2D eigenvalue weighted by Gasteiger charge is -2.60. The fraction of sp³-hybridized carbons (Fsp3) is 0.810. The molecule has 3 saturated carbocycles. The van der Waals surface area contributed by atoms with E-state index in [2.05, 4.69) is 6.92 Å². The summed E-state index contributed by atoms with van der Waals surface area (Å²) in [7, 11) is 0. The van der Waals surface area contributed by atoms with E-state index in [9.17, 15) is 24.9 Å². The summed E-state index contributed by atoms with van der Waals surface area (Å²) in [5.41, 5.74) is -1.23. The van der Waals surface area contributed by atoms with E-state index in [1.54, 1.807) is 6.08 Å². The van der Waals surface area contributed by atoms with Gasteiger partial charge in [0, 0.05) is 11.8 Å². The van der Waals surface area contributed by atoms with Gasteiger partial charge < -0.3 is 15.3 Å². The predicted molar refractivity (Wildman–Crippen MR) is 95.1 cm³/mol. The molecule has 144 valence electrons. The minimum atomic E-state index is -1.54. The van der Waals surface area contributed by atoms with Gasteiger partial charge in [-0.3, -0.25) is 9.59 Å². The van der Waals surface area contributed by atoms with Crippen LogP contribution >= 0.6 is 0 Å². The zero-order chi connectivity index (χ0) is 18.9. The maximum atomic E-state index is 12.4. The Kier molecular flexibility index (Phi) is 4.04. The number of aliphatic hydroxyl groups excluding tert-OH is 2. The van der Waals surface area contributed by atoms with E-state index >= 15 is 0 Å². The zero-order valence-electron chi connectivity index (χ0n) is 15.7. The number of Topliss-reactive ketones (excluding diaryl/α,β-unsaturated/α-hetero) is 1. The molecule has 0 amide bonds. The summed E-state index contributed by atoms with van der Waals surface area (Å²) in [4.78, 5) is 24.3. The number of hydrogen-bond acceptors (Lipinski definition) is 5. The molecule has 4 rings (SSSR count). The highest BCUT2D eigenvalue weighted by atomic mass is 16.3. The molecule has 3 fully saturated rings. The van der Waals surface area contributed by atoms with Crippen LogP contribution in [-0.4, -0.2) is 45.2 Å². The topological polar surface area (TPSA) is 94.8 Å². The van der Waals surface area contributed by atoms with E-state index in [4.69, 9.17) is 0 Å². The van der Waals surface area contributed by atoms with Crippen molar-refractivity contribution in [1.29, 1.82) is 0 Å². The van der Waals surface area contributed by atoms with Gasteiger partial charge in [-0.1, -0.05) is 19.4 Å². The standard InChI is InChI=1S/C21H30O5/c1-19-7-5-13(23)9-12(19)3-4-14-15-6-8-21(26,17(25)11-22)20(15,2)10-16(24)18(14)19/h9,14-16,18,22,24,26H,3-8,10-11H2,1-2H3/t14-,15?,16+,18-,19+,20-,21+/m1/s1. The summed E-state index contributed by atoms with van der Waals surface area (Å²) in [6.45, 7) is 3.46. The largest absolute Gasteiger partial charge is 0.393 e. The molecular weight excluding hydrogens is 332 g/mol. The molecular formula is C21H30O5. The van der Waals surface area contributed by atoms with Gasteiger partial charge in [0.2, 0.25) is 0 Å².